The molecule has 0 amide bonds. The Morgan fingerprint density at radius 3 is 2.39 bits per heavy atom. The van der Waals surface area contributed by atoms with Gasteiger partial charge in [0.1, 0.15) is 11.4 Å². The van der Waals surface area contributed by atoms with Crippen LogP contribution in [-0.2, 0) is 0 Å². The number of thioether (sulfide) groups is 1. The first-order chi connectivity index (χ1) is 8.11. The number of hydrogen-bond donors (Lipinski definition) is 1. The molecule has 18 heavy (non-hydrogen) atoms. The van der Waals surface area contributed by atoms with Crippen LogP contribution in [0.1, 0.15) is 31.1 Å². The molecule has 0 heterocycles. The molecule has 0 fully saturated rings. The number of rotatable bonds is 3. The van der Waals surface area contributed by atoms with E-state index in [4.69, 9.17) is 5.11 Å². The van der Waals surface area contributed by atoms with E-state index in [2.05, 4.69) is 0 Å². The van der Waals surface area contributed by atoms with Crippen LogP contribution in [0, 0.1) is 15.9 Å². The number of carbonyl (C=O) groups is 1. The number of aromatic carboxylic acids is 1. The van der Waals surface area contributed by atoms with Gasteiger partial charge in [0, 0.05) is 10.8 Å². The van der Waals surface area contributed by atoms with Gasteiger partial charge in [-0.1, -0.05) is 20.8 Å². The van der Waals surface area contributed by atoms with Crippen molar-refractivity contribution >= 4 is 23.4 Å². The quantitative estimate of drug-likeness (QED) is 0.519. The normalized spacial score (nSPS) is 11.3. The molecule has 0 aliphatic rings. The predicted octanol–water partition coefficient (Wildman–Crippen LogP) is 3.32. The van der Waals surface area contributed by atoms with Crippen molar-refractivity contribution in [1.29, 1.82) is 0 Å². The summed E-state index contributed by atoms with van der Waals surface area (Å²) >= 11 is 1.12. The molecule has 0 saturated carbocycles. The molecule has 0 unspecified atom stereocenters. The lowest BCUT2D eigenvalue weighted by molar-refractivity contribution is -0.387. The van der Waals surface area contributed by atoms with Crippen LogP contribution in [0.15, 0.2) is 17.0 Å². The molecule has 0 aromatic heterocycles. The lowest BCUT2D eigenvalue weighted by atomic mass is 10.2. The van der Waals surface area contributed by atoms with Gasteiger partial charge in [0.25, 0.3) is 5.69 Å². The van der Waals surface area contributed by atoms with E-state index in [0.717, 1.165) is 23.9 Å². The molecule has 0 spiro atoms. The van der Waals surface area contributed by atoms with Crippen molar-refractivity contribution in [1.82, 2.24) is 0 Å². The number of nitro benzene ring substituents is 1. The van der Waals surface area contributed by atoms with Crippen LogP contribution >= 0.6 is 11.8 Å². The molecule has 0 aliphatic heterocycles. The summed E-state index contributed by atoms with van der Waals surface area (Å²) in [5, 5.41) is 19.6. The first-order valence-corrected chi connectivity index (χ1v) is 5.83. The fourth-order valence-corrected chi connectivity index (χ4v) is 2.32. The van der Waals surface area contributed by atoms with Gasteiger partial charge in [-0.05, 0) is 6.07 Å². The largest absolute Gasteiger partial charge is 0.478 e. The highest BCUT2D eigenvalue weighted by atomic mass is 32.2. The fourth-order valence-electron chi connectivity index (χ4n) is 1.26. The third-order valence-corrected chi connectivity index (χ3v) is 3.05. The smallest absolute Gasteiger partial charge is 0.338 e. The molecule has 0 aliphatic carbocycles. The Morgan fingerprint density at radius 1 is 1.44 bits per heavy atom. The second-order valence-corrected chi connectivity index (χ2v) is 6.45. The van der Waals surface area contributed by atoms with Gasteiger partial charge in [0.05, 0.1) is 9.82 Å². The number of hydrogen-bond acceptors (Lipinski definition) is 4. The third-order valence-electron chi connectivity index (χ3n) is 1.89. The number of nitrogens with zero attached hydrogens (tertiary/aromatic N) is 1. The molecule has 98 valence electrons. The van der Waals surface area contributed by atoms with Crippen LogP contribution in [0.2, 0.25) is 0 Å². The van der Waals surface area contributed by atoms with Gasteiger partial charge >= 0.3 is 5.97 Å². The first-order valence-electron chi connectivity index (χ1n) is 5.02. The standard InChI is InChI=1S/C11H12FNO4S/c1-11(2,3)18-9-5-7(12)6(10(14)15)4-8(9)13(16)17/h4-5H,1-3H3,(H,14,15). The van der Waals surface area contributed by atoms with Crippen LogP contribution in [0.4, 0.5) is 10.1 Å². The summed E-state index contributed by atoms with van der Waals surface area (Å²) in [4.78, 5) is 21.0. The summed E-state index contributed by atoms with van der Waals surface area (Å²) in [5.74, 6) is -2.50. The van der Waals surface area contributed by atoms with Crippen molar-refractivity contribution in [2.75, 3.05) is 0 Å². The molecule has 1 N–H and O–H groups in total. The number of nitro groups is 1. The lowest BCUT2D eigenvalue weighted by Gasteiger charge is -2.17. The Bertz CT molecular complexity index is 511. The molecule has 0 bridgehead atoms. The van der Waals surface area contributed by atoms with Crippen molar-refractivity contribution in [3.8, 4) is 0 Å². The van der Waals surface area contributed by atoms with E-state index in [1.54, 1.807) is 0 Å². The Morgan fingerprint density at radius 2 is 2.00 bits per heavy atom. The topological polar surface area (TPSA) is 80.4 Å². The van der Waals surface area contributed by atoms with Crippen LogP contribution in [-0.4, -0.2) is 20.7 Å². The van der Waals surface area contributed by atoms with Gasteiger partial charge in [-0.25, -0.2) is 9.18 Å². The Labute approximate surface area is 107 Å². The van der Waals surface area contributed by atoms with Crippen LogP contribution < -0.4 is 0 Å². The summed E-state index contributed by atoms with van der Waals surface area (Å²) in [6, 6.07) is 1.66. The zero-order chi connectivity index (χ0) is 14.1. The van der Waals surface area contributed by atoms with Crippen molar-refractivity contribution in [3.05, 3.63) is 33.6 Å². The number of carboxylic acids is 1. The van der Waals surface area contributed by atoms with E-state index in [1.807, 2.05) is 20.8 Å². The number of carboxylic acid groups (broad SMARTS) is 1. The van der Waals surface area contributed by atoms with Crippen LogP contribution in [0.25, 0.3) is 0 Å². The molecule has 1 aromatic rings. The van der Waals surface area contributed by atoms with E-state index >= 15 is 0 Å². The Hall–Kier alpha value is -1.63. The highest BCUT2D eigenvalue weighted by Gasteiger charge is 2.25. The van der Waals surface area contributed by atoms with Crippen molar-refractivity contribution in [2.45, 2.75) is 30.4 Å². The van der Waals surface area contributed by atoms with Crippen LogP contribution in [0.3, 0.4) is 0 Å². The highest BCUT2D eigenvalue weighted by Crippen LogP contribution is 2.38. The minimum Gasteiger partial charge on any atom is -0.478 e. The Kier molecular flexibility index (Phi) is 3.95. The van der Waals surface area contributed by atoms with Gasteiger partial charge in [-0.3, -0.25) is 10.1 Å². The molecule has 0 atom stereocenters. The average molecular weight is 273 g/mol. The molecule has 1 aromatic carbocycles. The zero-order valence-corrected chi connectivity index (χ0v) is 10.9. The lowest BCUT2D eigenvalue weighted by Crippen LogP contribution is -2.09. The van der Waals surface area contributed by atoms with E-state index in [1.165, 1.54) is 0 Å². The minimum absolute atomic E-state index is 0.120. The minimum atomic E-state index is -1.53. The van der Waals surface area contributed by atoms with Crippen molar-refractivity contribution in [2.24, 2.45) is 0 Å². The second-order valence-electron chi connectivity index (χ2n) is 4.58. The van der Waals surface area contributed by atoms with Gasteiger partial charge in [0.15, 0.2) is 0 Å². The first kappa shape index (κ1) is 14.4. The SMILES string of the molecule is CC(C)(C)Sc1cc(F)c(C(=O)O)cc1[N+](=O)[O-]. The Balaban J connectivity index is 3.38. The summed E-state index contributed by atoms with van der Waals surface area (Å²) in [5.41, 5.74) is -1.09. The molecule has 5 nitrogen and oxygen atoms in total. The highest BCUT2D eigenvalue weighted by molar-refractivity contribution is 8.00. The van der Waals surface area contributed by atoms with Crippen molar-refractivity contribution < 1.29 is 19.2 Å². The van der Waals surface area contributed by atoms with Crippen molar-refractivity contribution in [3.63, 3.8) is 0 Å². The van der Waals surface area contributed by atoms with E-state index in [9.17, 15) is 19.3 Å². The average Bonchev–Trinajstić information content (AvgIpc) is 2.13. The summed E-state index contributed by atoms with van der Waals surface area (Å²) in [6.07, 6.45) is 0. The van der Waals surface area contributed by atoms with Gasteiger partial charge < -0.3 is 5.11 Å². The maximum atomic E-state index is 13.5. The number of halogens is 1. The van der Waals surface area contributed by atoms with Crippen LogP contribution in [0.5, 0.6) is 0 Å². The summed E-state index contributed by atoms with van der Waals surface area (Å²) in [6.45, 7) is 5.47. The zero-order valence-electron chi connectivity index (χ0n) is 10.1. The summed E-state index contributed by atoms with van der Waals surface area (Å²) < 4.78 is 13.2. The number of benzene rings is 1. The maximum Gasteiger partial charge on any atom is 0.338 e. The third kappa shape index (κ3) is 3.43. The predicted molar refractivity (Wildman–Crippen MR) is 65.6 cm³/mol. The monoisotopic (exact) mass is 273 g/mol. The fraction of sp³-hybridized carbons (Fsp3) is 0.364. The van der Waals surface area contributed by atoms with E-state index < -0.39 is 28.0 Å². The molecule has 0 radical (unpaired) electrons. The van der Waals surface area contributed by atoms with Gasteiger partial charge in [-0.2, -0.15) is 0 Å². The molecular formula is C11H12FNO4S. The molecule has 7 heteroatoms. The van der Waals surface area contributed by atoms with E-state index in [-0.39, 0.29) is 9.64 Å². The second kappa shape index (κ2) is 4.93. The molecule has 1 rings (SSSR count). The van der Waals surface area contributed by atoms with E-state index in [0.29, 0.717) is 0 Å². The van der Waals surface area contributed by atoms with Gasteiger partial charge in [0.2, 0.25) is 0 Å². The molecule has 0 saturated heterocycles. The maximum absolute atomic E-state index is 13.5. The molecular weight excluding hydrogens is 261 g/mol. The van der Waals surface area contributed by atoms with Gasteiger partial charge in [-0.15, -0.1) is 11.8 Å². The summed E-state index contributed by atoms with van der Waals surface area (Å²) in [7, 11) is 0.